The number of amides is 2. The second-order valence-corrected chi connectivity index (χ2v) is 6.83. The van der Waals surface area contributed by atoms with Crippen LogP contribution < -0.4 is 4.90 Å². The second-order valence-electron chi connectivity index (χ2n) is 6.83. The summed E-state index contributed by atoms with van der Waals surface area (Å²) in [6.07, 6.45) is 1.90. The van der Waals surface area contributed by atoms with Gasteiger partial charge in [0, 0.05) is 19.4 Å². The Balaban J connectivity index is 1.76. The number of ether oxygens (including phenoxy) is 1. The molecule has 2 heterocycles. The first-order valence-electron chi connectivity index (χ1n) is 9.15. The zero-order valence-electron chi connectivity index (χ0n) is 15.3. The topological polar surface area (TPSA) is 66.9 Å². The van der Waals surface area contributed by atoms with Crippen LogP contribution in [-0.2, 0) is 20.9 Å². The Bertz CT molecular complexity index is 956. The van der Waals surface area contributed by atoms with Crippen molar-refractivity contribution in [1.82, 2.24) is 4.90 Å². The van der Waals surface area contributed by atoms with Gasteiger partial charge in [0.1, 0.15) is 6.61 Å². The lowest BCUT2D eigenvalue weighted by Gasteiger charge is -2.48. The Hall–Kier alpha value is -3.41. The second kappa shape index (κ2) is 6.96. The average Bonchev–Trinajstić information content (AvgIpc) is 3.08. The summed E-state index contributed by atoms with van der Waals surface area (Å²) in [6, 6.07) is 16.2. The van der Waals surface area contributed by atoms with Crippen molar-refractivity contribution in [2.45, 2.75) is 25.1 Å². The van der Waals surface area contributed by atoms with Crippen LogP contribution in [0.4, 0.5) is 5.69 Å². The SMILES string of the molecule is C=CCN1C(=O)c2ccccc2N2C(=O)CC[C@]12C(=O)OCc1ccccc1. The van der Waals surface area contributed by atoms with Crippen molar-refractivity contribution in [3.05, 3.63) is 78.4 Å². The Morgan fingerprint density at radius 1 is 1.11 bits per heavy atom. The van der Waals surface area contributed by atoms with Crippen LogP contribution in [0.5, 0.6) is 0 Å². The van der Waals surface area contributed by atoms with Gasteiger partial charge in [-0.25, -0.2) is 4.79 Å². The molecular weight excluding hydrogens is 356 g/mol. The van der Waals surface area contributed by atoms with Crippen molar-refractivity contribution in [3.8, 4) is 0 Å². The highest BCUT2D eigenvalue weighted by atomic mass is 16.5. The van der Waals surface area contributed by atoms with Crippen LogP contribution in [0.3, 0.4) is 0 Å². The predicted octanol–water partition coefficient (Wildman–Crippen LogP) is 2.89. The summed E-state index contributed by atoms with van der Waals surface area (Å²) in [6.45, 7) is 3.92. The molecule has 6 heteroatoms. The molecule has 0 N–H and O–H groups in total. The standard InChI is InChI=1S/C22H20N2O4/c1-2-14-23-20(26)17-10-6-7-11-18(17)24-19(25)12-13-22(23,24)21(27)28-15-16-8-4-3-5-9-16/h2-11H,1,12-15H2/t22-/m0/s1. The van der Waals surface area contributed by atoms with Crippen LogP contribution in [0.1, 0.15) is 28.8 Å². The number of hydrogen-bond donors (Lipinski definition) is 0. The third kappa shape index (κ3) is 2.60. The number of hydrogen-bond acceptors (Lipinski definition) is 4. The predicted molar refractivity (Wildman–Crippen MR) is 103 cm³/mol. The number of benzene rings is 2. The third-order valence-electron chi connectivity index (χ3n) is 5.23. The fourth-order valence-corrected chi connectivity index (χ4v) is 3.97. The number of nitrogens with zero attached hydrogens (tertiary/aromatic N) is 2. The fourth-order valence-electron chi connectivity index (χ4n) is 3.97. The minimum Gasteiger partial charge on any atom is -0.458 e. The summed E-state index contributed by atoms with van der Waals surface area (Å²) in [5.41, 5.74) is 0.199. The molecule has 0 aromatic heterocycles. The number of esters is 1. The number of anilines is 1. The first kappa shape index (κ1) is 18.0. The normalized spacial score (nSPS) is 20.6. The van der Waals surface area contributed by atoms with Crippen LogP contribution in [0.25, 0.3) is 0 Å². The minimum atomic E-state index is -1.48. The molecule has 0 aliphatic carbocycles. The minimum absolute atomic E-state index is 0.0707. The van der Waals surface area contributed by atoms with Crippen molar-refractivity contribution in [2.24, 2.45) is 0 Å². The van der Waals surface area contributed by atoms with E-state index in [1.807, 2.05) is 30.3 Å². The molecule has 0 radical (unpaired) electrons. The molecule has 0 bridgehead atoms. The summed E-state index contributed by atoms with van der Waals surface area (Å²) < 4.78 is 5.60. The molecule has 0 saturated carbocycles. The Morgan fingerprint density at radius 3 is 2.57 bits per heavy atom. The maximum absolute atomic E-state index is 13.3. The summed E-state index contributed by atoms with van der Waals surface area (Å²) >= 11 is 0. The number of carbonyl (C=O) groups excluding carboxylic acids is 3. The summed E-state index contributed by atoms with van der Waals surface area (Å²) in [5, 5.41) is 0. The van der Waals surface area contributed by atoms with Gasteiger partial charge in [-0.3, -0.25) is 14.5 Å². The summed E-state index contributed by atoms with van der Waals surface area (Å²) in [4.78, 5) is 42.1. The van der Waals surface area contributed by atoms with Gasteiger partial charge in [0.15, 0.2) is 0 Å². The van der Waals surface area contributed by atoms with E-state index >= 15 is 0 Å². The fraction of sp³-hybridized carbons (Fsp3) is 0.227. The zero-order chi connectivity index (χ0) is 19.7. The molecule has 1 fully saturated rings. The molecule has 1 atom stereocenters. The first-order valence-corrected chi connectivity index (χ1v) is 9.15. The highest BCUT2D eigenvalue weighted by Crippen LogP contribution is 2.45. The maximum atomic E-state index is 13.3. The highest BCUT2D eigenvalue weighted by molar-refractivity contribution is 6.15. The van der Waals surface area contributed by atoms with E-state index in [-0.39, 0.29) is 37.8 Å². The van der Waals surface area contributed by atoms with E-state index in [2.05, 4.69) is 6.58 Å². The maximum Gasteiger partial charge on any atom is 0.354 e. The van der Waals surface area contributed by atoms with E-state index in [1.54, 1.807) is 30.3 Å². The highest BCUT2D eigenvalue weighted by Gasteiger charge is 2.61. The van der Waals surface area contributed by atoms with Gasteiger partial charge < -0.3 is 9.64 Å². The number of fused-ring (bicyclic) bond motifs is 3. The lowest BCUT2D eigenvalue weighted by Crippen LogP contribution is -2.68. The lowest BCUT2D eigenvalue weighted by atomic mass is 9.96. The van der Waals surface area contributed by atoms with Crippen molar-refractivity contribution in [2.75, 3.05) is 11.4 Å². The van der Waals surface area contributed by atoms with Crippen LogP contribution in [0.2, 0.25) is 0 Å². The third-order valence-corrected chi connectivity index (χ3v) is 5.23. The van der Waals surface area contributed by atoms with Crippen molar-refractivity contribution in [3.63, 3.8) is 0 Å². The molecule has 142 valence electrons. The van der Waals surface area contributed by atoms with E-state index in [1.165, 1.54) is 9.80 Å². The van der Waals surface area contributed by atoms with Crippen molar-refractivity contribution >= 4 is 23.5 Å². The van der Waals surface area contributed by atoms with Gasteiger partial charge in [-0.1, -0.05) is 48.5 Å². The summed E-state index contributed by atoms with van der Waals surface area (Å²) in [5.74, 6) is -1.12. The zero-order valence-corrected chi connectivity index (χ0v) is 15.3. The Labute approximate surface area is 163 Å². The number of carbonyl (C=O) groups is 3. The molecule has 0 unspecified atom stereocenters. The van der Waals surface area contributed by atoms with Gasteiger partial charge >= 0.3 is 5.97 Å². The number of para-hydroxylation sites is 1. The van der Waals surface area contributed by atoms with Gasteiger partial charge in [-0.15, -0.1) is 6.58 Å². The van der Waals surface area contributed by atoms with Gasteiger partial charge in [0.2, 0.25) is 11.6 Å². The van der Waals surface area contributed by atoms with E-state index in [0.29, 0.717) is 11.3 Å². The van der Waals surface area contributed by atoms with E-state index in [4.69, 9.17) is 4.74 Å². The van der Waals surface area contributed by atoms with E-state index < -0.39 is 11.6 Å². The van der Waals surface area contributed by atoms with Crippen LogP contribution in [0.15, 0.2) is 67.3 Å². The van der Waals surface area contributed by atoms with Gasteiger partial charge in [-0.05, 0) is 17.7 Å². The van der Waals surface area contributed by atoms with Gasteiger partial charge in [0.25, 0.3) is 5.91 Å². The molecule has 2 aliphatic rings. The molecule has 2 amide bonds. The molecule has 0 spiro atoms. The van der Waals surface area contributed by atoms with Crippen LogP contribution in [-0.4, -0.2) is 34.9 Å². The average molecular weight is 376 g/mol. The molecule has 2 aromatic rings. The molecule has 6 nitrogen and oxygen atoms in total. The van der Waals surface area contributed by atoms with Crippen LogP contribution in [0, 0.1) is 0 Å². The Morgan fingerprint density at radius 2 is 1.82 bits per heavy atom. The molecule has 2 aliphatic heterocycles. The quantitative estimate of drug-likeness (QED) is 0.594. The summed E-state index contributed by atoms with van der Waals surface area (Å²) in [7, 11) is 0. The molecule has 4 rings (SSSR count). The largest absolute Gasteiger partial charge is 0.458 e. The van der Waals surface area contributed by atoms with Gasteiger partial charge in [0.05, 0.1) is 11.3 Å². The monoisotopic (exact) mass is 376 g/mol. The molecule has 1 saturated heterocycles. The van der Waals surface area contributed by atoms with E-state index in [0.717, 1.165) is 5.56 Å². The molecule has 2 aromatic carbocycles. The smallest absolute Gasteiger partial charge is 0.354 e. The molecular formula is C22H20N2O4. The lowest BCUT2D eigenvalue weighted by molar-refractivity contribution is -0.158. The Kier molecular flexibility index (Phi) is 4.47. The van der Waals surface area contributed by atoms with Crippen molar-refractivity contribution in [1.29, 1.82) is 0 Å². The van der Waals surface area contributed by atoms with E-state index in [9.17, 15) is 14.4 Å². The van der Waals surface area contributed by atoms with Gasteiger partial charge in [-0.2, -0.15) is 0 Å². The molecule has 28 heavy (non-hydrogen) atoms. The first-order chi connectivity index (χ1) is 13.6. The number of rotatable bonds is 5. The van der Waals surface area contributed by atoms with Crippen LogP contribution >= 0.6 is 0 Å². The van der Waals surface area contributed by atoms with Crippen molar-refractivity contribution < 1.29 is 19.1 Å².